The number of nitrogens with zero attached hydrogens (tertiary/aromatic N) is 11. The van der Waals surface area contributed by atoms with Crippen molar-refractivity contribution in [3.8, 4) is 17.2 Å². The van der Waals surface area contributed by atoms with Gasteiger partial charge in [-0.1, -0.05) is 180 Å². The van der Waals surface area contributed by atoms with Gasteiger partial charge in [0.05, 0.1) is 61.0 Å². The molecule has 0 aliphatic carbocycles. The summed E-state index contributed by atoms with van der Waals surface area (Å²) in [5.74, 6) is 1.85. The molecule has 116 heavy (non-hydrogen) atoms. The number of aromatic nitrogens is 11. The van der Waals surface area contributed by atoms with Crippen molar-refractivity contribution in [2.24, 2.45) is 5.73 Å². The predicted molar refractivity (Wildman–Crippen MR) is 463 cm³/mol. The minimum absolute atomic E-state index is 0. The number of alkyl halides is 1. The molecule has 0 bridgehead atoms. The number of benzene rings is 3. The van der Waals surface area contributed by atoms with Crippen LogP contribution in [0.1, 0.15) is 119 Å². The van der Waals surface area contributed by atoms with Gasteiger partial charge in [-0.05, 0) is 101 Å². The van der Waals surface area contributed by atoms with E-state index in [4.69, 9.17) is 37.0 Å². The molecule has 0 saturated carbocycles. The number of aromatic amines is 1. The molecule has 7 aromatic heterocycles. The summed E-state index contributed by atoms with van der Waals surface area (Å²) in [4.78, 5) is 96.6. The quantitative estimate of drug-likeness (QED) is 0.00511. The zero-order valence-corrected chi connectivity index (χ0v) is 76.7. The summed E-state index contributed by atoms with van der Waals surface area (Å²) in [6, 6.07) is 35.4. The van der Waals surface area contributed by atoms with E-state index in [1.54, 1.807) is 73.3 Å². The first-order chi connectivity index (χ1) is 55.3. The zero-order chi connectivity index (χ0) is 86.4. The standard InChI is InChI=1S/C21H24N4O2.C20H21N3O2S.C14H15NO2.C7H8N2O2S.C7H12O5.C6H7ClN2S.C2H6N2S.3C2H6.Na/c1-15-10-19(27-14-17-8-6-5-7-9-17)16(2)20(26)25(15)13-18-11-22-21(23-12-18)24(3)4;1-14-9-18(25-13-16-7-5-4-6-8-16)15(2)19(24)23(14)12-17-10-21-20(26-3)22-11-17;1-10-8-13(11(2)14(16)15-10)17-9-12-6-4-3-5-7-12;1-11-6(10)5-3-8-7(12-2)9-4-5;1-10-6(9)5(4-8)7(11-2)12-3;1-10-6-8-3-5(2-7)4-9-6;1-5-2(3)4;3*1-2;/h5-12H,13-14H2,1-4H3;4-11H,12-13H2,1-3H3;3-8H,9H2,1-2H3,(H,15,16);3-4H,1-2H3;4,7-8H,1-3H3;3-4H,2H2,1H3;1H3,(H3,3,4);3*1-2H3;/q;;;;;;;;;;+1/p-1/b;;;;5-4-;;;;;;. The summed E-state index contributed by atoms with van der Waals surface area (Å²) in [6.07, 6.45) is 20.3. The SMILES string of the molecule is CC.CC.CC.COC(=O)/C(=C/[O-])C(OC)OC.COC(=O)c1cnc(SC)nc1.CSC(=N)N.CSc1ncc(CCl)cn1.CSc1ncc(Cn2c(C)cc(OCc3ccccc3)c(C)c2=O)cn1.Cc1c(OCc2ccccc2)cc(C)n(Cc2cnc(N(C)C)nc2)c1=O.Cc1cc(OCc2ccccc2)c(C)c(=O)[nH]1.[Na+]. The number of nitrogens with two attached hydrogens (primary N) is 1. The van der Waals surface area contributed by atoms with Gasteiger partial charge in [0.2, 0.25) is 5.95 Å². The van der Waals surface area contributed by atoms with Crippen molar-refractivity contribution < 1.29 is 77.4 Å². The molecule has 0 spiro atoms. The van der Waals surface area contributed by atoms with E-state index in [-0.39, 0.29) is 57.0 Å². The number of rotatable bonds is 23. The Morgan fingerprint density at radius 2 is 0.871 bits per heavy atom. The maximum Gasteiger partial charge on any atom is 1.00 e. The van der Waals surface area contributed by atoms with E-state index in [1.807, 2.05) is 209 Å². The number of carbonyl (C=O) groups excluding carboxylic acids is 2. The maximum atomic E-state index is 12.8. The first kappa shape index (κ1) is 107. The Morgan fingerprint density at radius 3 is 1.17 bits per heavy atom. The number of hydrogen-bond donors (Lipinski definition) is 3. The Kier molecular flexibility index (Phi) is 56.9. The summed E-state index contributed by atoms with van der Waals surface area (Å²) in [6.45, 7) is 25.2. The van der Waals surface area contributed by atoms with Crippen molar-refractivity contribution in [3.63, 3.8) is 0 Å². The van der Waals surface area contributed by atoms with Crippen LogP contribution in [0.4, 0.5) is 5.95 Å². The van der Waals surface area contributed by atoms with Gasteiger partial charge in [-0.15, -0.1) is 17.9 Å². The third-order valence-electron chi connectivity index (χ3n) is 14.8. The molecule has 0 atom stereocenters. The minimum Gasteiger partial charge on any atom is -0.877 e. The van der Waals surface area contributed by atoms with Crippen LogP contribution in [-0.2, 0) is 62.5 Å². The van der Waals surface area contributed by atoms with Crippen molar-refractivity contribution in [1.82, 2.24) is 54.0 Å². The van der Waals surface area contributed by atoms with Crippen LogP contribution in [0, 0.1) is 47.0 Å². The minimum atomic E-state index is -0.963. The average Bonchev–Trinajstić information content (AvgIpc) is 0.809. The van der Waals surface area contributed by atoms with Gasteiger partial charge in [-0.2, -0.15) is 0 Å². The summed E-state index contributed by atoms with van der Waals surface area (Å²) in [5.41, 5.74) is 15.1. The van der Waals surface area contributed by atoms with Gasteiger partial charge in [0.1, 0.15) is 37.1 Å². The van der Waals surface area contributed by atoms with E-state index >= 15 is 0 Å². The van der Waals surface area contributed by atoms with E-state index in [0.29, 0.717) is 95.7 Å². The summed E-state index contributed by atoms with van der Waals surface area (Å²) >= 11 is 11.2. The molecule has 0 saturated heterocycles. The fraction of sp³-hybridized carbons (Fsp3) is 0.349. The van der Waals surface area contributed by atoms with E-state index < -0.39 is 18.2 Å². The number of halogens is 1. The van der Waals surface area contributed by atoms with Crippen molar-refractivity contribution in [2.75, 3.05) is 72.5 Å². The molecule has 33 heteroatoms. The van der Waals surface area contributed by atoms with Gasteiger partial charge >= 0.3 is 41.5 Å². The second-order valence-corrected chi connectivity index (χ2v) is 26.3. The number of amidine groups is 1. The van der Waals surface area contributed by atoms with Crippen LogP contribution in [0.25, 0.3) is 0 Å². The van der Waals surface area contributed by atoms with E-state index in [1.165, 1.54) is 87.9 Å². The number of methoxy groups -OCH3 is 4. The molecule has 0 aliphatic rings. The Balaban J connectivity index is 0.00000138. The van der Waals surface area contributed by atoms with Crippen molar-refractivity contribution in [2.45, 2.75) is 144 Å². The molecule has 10 aromatic rings. The molecule has 0 radical (unpaired) electrons. The number of aryl methyl sites for hydroxylation is 3. The fourth-order valence-corrected chi connectivity index (χ4v) is 9.93. The molecule has 0 amide bonds. The van der Waals surface area contributed by atoms with Gasteiger partial charge in [0, 0.05) is 112 Å². The molecule has 0 aliphatic heterocycles. The first-order valence-electron chi connectivity index (χ1n) is 36.0. The third-order valence-corrected chi connectivity index (χ3v) is 17.3. The number of H-pyrrole nitrogens is 1. The predicted octanol–water partition coefficient (Wildman–Crippen LogP) is 11.4. The van der Waals surface area contributed by atoms with Crippen LogP contribution in [0.3, 0.4) is 0 Å². The van der Waals surface area contributed by atoms with Crippen molar-refractivity contribution >= 4 is 81.7 Å². The third kappa shape index (κ3) is 39.0. The number of nitrogens with one attached hydrogen (secondary N) is 2. The number of esters is 2. The molecule has 4 N–H and O–H groups in total. The number of carbonyl (C=O) groups is 2. The molecule has 0 unspecified atom stereocenters. The number of hydrogen-bond acceptors (Lipinski definition) is 27. The average molecular weight is 1700 g/mol. The van der Waals surface area contributed by atoms with E-state index in [0.717, 1.165) is 60.8 Å². The van der Waals surface area contributed by atoms with Gasteiger partial charge in [-0.3, -0.25) is 19.8 Å². The summed E-state index contributed by atoms with van der Waals surface area (Å²) in [7, 11) is 8.92. The Morgan fingerprint density at radius 1 is 0.534 bits per heavy atom. The smallest absolute Gasteiger partial charge is 0.877 e. The monoisotopic (exact) mass is 1700 g/mol. The van der Waals surface area contributed by atoms with Crippen molar-refractivity contribution in [1.29, 1.82) is 5.41 Å². The number of anilines is 1. The second kappa shape index (κ2) is 61.9. The van der Waals surface area contributed by atoms with E-state index in [9.17, 15) is 29.1 Å². The Labute approximate surface area is 726 Å². The summed E-state index contributed by atoms with van der Waals surface area (Å²) < 4.78 is 39.1. The number of ether oxygens (including phenoxy) is 7. The molecular formula is C83H110ClN14NaO13S4. The number of thioether (sulfide) groups is 4. The number of pyridine rings is 3. The van der Waals surface area contributed by atoms with Crippen LogP contribution >= 0.6 is 58.6 Å². The Hall–Kier alpha value is -9.41. The molecule has 10 rings (SSSR count). The van der Waals surface area contributed by atoms with Crippen molar-refractivity contribution in [3.05, 3.63) is 274 Å². The van der Waals surface area contributed by atoms with Crippen LogP contribution in [0.2, 0.25) is 0 Å². The maximum absolute atomic E-state index is 12.8. The normalized spacial score (nSPS) is 9.91. The molecular weight excluding hydrogens is 1590 g/mol. The van der Waals surface area contributed by atoms with Crippen LogP contribution < -0.4 is 76.2 Å². The van der Waals surface area contributed by atoms with Crippen LogP contribution in [0.5, 0.6) is 17.2 Å². The Bertz CT molecular complexity index is 4620. The van der Waals surface area contributed by atoms with Gasteiger partial charge in [-0.25, -0.2) is 49.5 Å². The summed E-state index contributed by atoms with van der Waals surface area (Å²) in [5, 5.41) is 19.2. The second-order valence-electron chi connectivity index (χ2n) is 22.9. The molecule has 3 aromatic carbocycles. The van der Waals surface area contributed by atoms with Gasteiger partial charge in [0.25, 0.3) is 16.7 Å². The zero-order valence-electron chi connectivity index (χ0n) is 70.7. The fourth-order valence-electron chi connectivity index (χ4n) is 8.85. The molecule has 622 valence electrons. The molecule has 27 nitrogen and oxygen atoms in total. The molecule has 7 heterocycles. The first-order valence-corrected chi connectivity index (χ1v) is 41.4. The van der Waals surface area contributed by atoms with Gasteiger partial charge < -0.3 is 63.0 Å². The molecule has 0 fully saturated rings. The van der Waals surface area contributed by atoms with E-state index in [2.05, 4.69) is 63.8 Å². The van der Waals surface area contributed by atoms with Gasteiger partial charge in [0.15, 0.2) is 26.9 Å². The van der Waals surface area contributed by atoms with Crippen LogP contribution in [0.15, 0.2) is 200 Å². The van der Waals surface area contributed by atoms with Crippen LogP contribution in [-0.4, -0.2) is 145 Å². The topological polar surface area (TPSA) is 355 Å². The largest absolute Gasteiger partial charge is 1.00 e.